The van der Waals surface area contributed by atoms with Crippen molar-refractivity contribution in [1.29, 1.82) is 5.26 Å². The second-order valence-electron chi connectivity index (χ2n) is 14.1. The van der Waals surface area contributed by atoms with Crippen LogP contribution in [0.5, 0.6) is 6.01 Å². The number of rotatable bonds is 10. The molecule has 254 valence electrons. The van der Waals surface area contributed by atoms with Crippen LogP contribution in [0.25, 0.3) is 32.2 Å². The van der Waals surface area contributed by atoms with E-state index in [0.29, 0.717) is 29.8 Å². The summed E-state index contributed by atoms with van der Waals surface area (Å²) in [4.78, 5) is 20.9. The Hall–Kier alpha value is -3.74. The normalized spacial score (nSPS) is 19.5. The second kappa shape index (κ2) is 12.6. The van der Waals surface area contributed by atoms with Gasteiger partial charge in [-0.3, -0.25) is 9.88 Å². The average Bonchev–Trinajstić information content (AvgIpc) is 3.73. The van der Waals surface area contributed by atoms with Crippen molar-refractivity contribution in [3.63, 3.8) is 0 Å². The molecule has 0 spiro atoms. The number of nitrogens with zero attached hydrogens (tertiary/aromatic N) is 7. The van der Waals surface area contributed by atoms with E-state index in [2.05, 4.69) is 39.6 Å². The van der Waals surface area contributed by atoms with Crippen LogP contribution in [0.4, 0.5) is 19.6 Å². The molecule has 0 saturated carbocycles. The van der Waals surface area contributed by atoms with E-state index in [9.17, 15) is 14.8 Å². The number of hydrogen-bond acceptors (Lipinski definition) is 12. The number of aromatic nitrogens is 3. The van der Waals surface area contributed by atoms with Gasteiger partial charge in [0.2, 0.25) is 0 Å². The summed E-state index contributed by atoms with van der Waals surface area (Å²) in [6.07, 6.45) is 3.68. The molecular formula is C34H40F2N8O3S. The van der Waals surface area contributed by atoms with Gasteiger partial charge in [-0.05, 0) is 44.5 Å². The molecule has 2 atom stereocenters. The van der Waals surface area contributed by atoms with Crippen LogP contribution < -0.4 is 15.4 Å². The van der Waals surface area contributed by atoms with Gasteiger partial charge in [-0.25, -0.2) is 8.78 Å². The highest BCUT2D eigenvalue weighted by Gasteiger charge is 2.43. The van der Waals surface area contributed by atoms with Crippen LogP contribution in [-0.2, 0) is 18.0 Å². The average molecular weight is 679 g/mol. The number of likely N-dealkylation sites (tertiary alicyclic amines) is 1. The molecule has 1 aromatic carbocycles. The molecular weight excluding hydrogens is 638 g/mol. The van der Waals surface area contributed by atoms with E-state index in [1.165, 1.54) is 0 Å². The molecule has 14 heteroatoms. The number of nitrogen functional groups attached to an aromatic ring is 1. The van der Waals surface area contributed by atoms with Crippen molar-refractivity contribution in [2.24, 2.45) is 5.41 Å². The zero-order valence-corrected chi connectivity index (χ0v) is 28.5. The molecule has 6 heterocycles. The van der Waals surface area contributed by atoms with Crippen molar-refractivity contribution >= 4 is 43.1 Å². The fourth-order valence-corrected chi connectivity index (χ4v) is 8.77. The van der Waals surface area contributed by atoms with Gasteiger partial charge in [0, 0.05) is 61.2 Å². The maximum Gasteiger partial charge on any atom is 0.319 e. The van der Waals surface area contributed by atoms with Crippen molar-refractivity contribution in [3.05, 3.63) is 34.5 Å². The second-order valence-corrected chi connectivity index (χ2v) is 15.2. The summed E-state index contributed by atoms with van der Waals surface area (Å²) in [5, 5.41) is 20.3. The first kappa shape index (κ1) is 32.8. The SMILES string of the molecule is CN(C)CC(C)(C)COc1nc(N2C3CCC2CN(CCCO)C3)c2c3c(c(-c4ncc(F)c5sc(N)c(C#N)c45)c(F)c2n1)COC3. The number of nitriles is 1. The Bertz CT molecular complexity index is 1930. The molecule has 2 unspecified atom stereocenters. The van der Waals surface area contributed by atoms with Crippen LogP contribution in [-0.4, -0.2) is 95.4 Å². The molecule has 3 aliphatic heterocycles. The minimum absolute atomic E-state index is 0.0651. The lowest BCUT2D eigenvalue weighted by Gasteiger charge is -2.42. The van der Waals surface area contributed by atoms with E-state index in [0.717, 1.165) is 62.1 Å². The standard InChI is InChI=1S/C34H40F2N8O3S/c1-34(2,16-42(3)4)17-47-33-40-29-26(32(41-33)44-18-6-7-19(44)13-43(12-18)8-5-9-45)22-15-46-14-21(22)24(27(29)36)28-25-20(10-37)31(38)48-30(25)23(35)11-39-28/h11,18-19,45H,5-9,12-17,38H2,1-4H3. The van der Waals surface area contributed by atoms with Crippen LogP contribution in [0, 0.1) is 28.4 Å². The Morgan fingerprint density at radius 2 is 1.90 bits per heavy atom. The van der Waals surface area contributed by atoms with Gasteiger partial charge in [0.05, 0.1) is 47.4 Å². The van der Waals surface area contributed by atoms with Crippen molar-refractivity contribution in [1.82, 2.24) is 24.8 Å². The van der Waals surface area contributed by atoms with E-state index >= 15 is 4.39 Å². The monoisotopic (exact) mass is 678 g/mol. The lowest BCUT2D eigenvalue weighted by atomic mass is 9.93. The quantitative estimate of drug-likeness (QED) is 0.242. The Morgan fingerprint density at radius 1 is 1.17 bits per heavy atom. The molecule has 2 saturated heterocycles. The maximum atomic E-state index is 17.4. The minimum atomic E-state index is -0.654. The van der Waals surface area contributed by atoms with Crippen LogP contribution >= 0.6 is 11.3 Å². The van der Waals surface area contributed by atoms with Crippen LogP contribution in [0.1, 0.15) is 49.8 Å². The summed E-state index contributed by atoms with van der Waals surface area (Å²) >= 11 is 0.943. The van der Waals surface area contributed by atoms with Crippen molar-refractivity contribution < 1.29 is 23.4 Å². The predicted molar refractivity (Wildman–Crippen MR) is 181 cm³/mol. The molecule has 4 aromatic rings. The summed E-state index contributed by atoms with van der Waals surface area (Å²) < 4.78 is 44.8. The summed E-state index contributed by atoms with van der Waals surface area (Å²) in [6, 6.07) is 2.43. The van der Waals surface area contributed by atoms with E-state index in [-0.39, 0.29) is 80.8 Å². The highest BCUT2D eigenvalue weighted by molar-refractivity contribution is 7.23. The highest BCUT2D eigenvalue weighted by Crippen LogP contribution is 2.48. The van der Waals surface area contributed by atoms with Gasteiger partial charge in [0.25, 0.3) is 0 Å². The number of hydrogen-bond donors (Lipinski definition) is 2. The fourth-order valence-electron chi connectivity index (χ4n) is 7.85. The number of piperazine rings is 1. The number of anilines is 2. The van der Waals surface area contributed by atoms with Gasteiger partial charge in [-0.2, -0.15) is 15.2 Å². The number of ether oxygens (including phenoxy) is 2. The van der Waals surface area contributed by atoms with E-state index in [1.54, 1.807) is 0 Å². The van der Waals surface area contributed by atoms with Gasteiger partial charge in [-0.1, -0.05) is 13.8 Å². The largest absolute Gasteiger partial charge is 0.463 e. The Morgan fingerprint density at radius 3 is 2.58 bits per heavy atom. The Labute approximate surface area is 281 Å². The minimum Gasteiger partial charge on any atom is -0.463 e. The molecule has 11 nitrogen and oxygen atoms in total. The molecule has 7 rings (SSSR count). The Kier molecular flexibility index (Phi) is 8.62. The third kappa shape index (κ3) is 5.61. The molecule has 0 amide bonds. The zero-order chi connectivity index (χ0) is 33.9. The predicted octanol–water partition coefficient (Wildman–Crippen LogP) is 4.67. The van der Waals surface area contributed by atoms with Crippen LogP contribution in [0.2, 0.25) is 0 Å². The number of halogens is 2. The number of aliphatic hydroxyl groups excluding tert-OH is 1. The fraction of sp³-hybridized carbons (Fsp3) is 0.529. The summed E-state index contributed by atoms with van der Waals surface area (Å²) in [5.41, 5.74) is 7.60. The lowest BCUT2D eigenvalue weighted by molar-refractivity contribution is 0.133. The number of benzene rings is 1. The third-order valence-corrected chi connectivity index (χ3v) is 10.6. The van der Waals surface area contributed by atoms with Gasteiger partial charge in [-0.15, -0.1) is 11.3 Å². The zero-order valence-electron chi connectivity index (χ0n) is 27.6. The summed E-state index contributed by atoms with van der Waals surface area (Å²) in [7, 11) is 4.00. The van der Waals surface area contributed by atoms with E-state index in [1.807, 2.05) is 14.1 Å². The van der Waals surface area contributed by atoms with Crippen molar-refractivity contribution in [2.75, 3.05) is 64.1 Å². The number of aliphatic hydroxyl groups is 1. The van der Waals surface area contributed by atoms with Crippen molar-refractivity contribution in [2.45, 2.75) is 58.4 Å². The molecule has 3 aliphatic rings. The van der Waals surface area contributed by atoms with Crippen LogP contribution in [0.15, 0.2) is 6.20 Å². The van der Waals surface area contributed by atoms with Crippen molar-refractivity contribution in [3.8, 4) is 23.3 Å². The first-order valence-electron chi connectivity index (χ1n) is 16.3. The third-order valence-electron chi connectivity index (χ3n) is 9.57. The molecule has 0 aliphatic carbocycles. The summed E-state index contributed by atoms with van der Waals surface area (Å²) in [5.74, 6) is -0.662. The molecule has 2 bridgehead atoms. The highest BCUT2D eigenvalue weighted by atomic mass is 32.1. The topological polar surface area (TPSA) is 137 Å². The molecule has 3 aromatic heterocycles. The smallest absolute Gasteiger partial charge is 0.319 e. The Balaban J connectivity index is 1.44. The summed E-state index contributed by atoms with van der Waals surface area (Å²) in [6.45, 7) is 8.14. The molecule has 48 heavy (non-hydrogen) atoms. The number of thiophene rings is 1. The lowest BCUT2D eigenvalue weighted by Crippen LogP contribution is -2.54. The van der Waals surface area contributed by atoms with E-state index < -0.39 is 11.6 Å². The van der Waals surface area contributed by atoms with Gasteiger partial charge < -0.3 is 30.1 Å². The number of nitrogens with two attached hydrogens (primary N) is 1. The van der Waals surface area contributed by atoms with E-state index in [4.69, 9.17) is 25.2 Å². The van der Waals surface area contributed by atoms with Gasteiger partial charge in [0.1, 0.15) is 22.4 Å². The number of pyridine rings is 1. The first-order chi connectivity index (χ1) is 23.0. The van der Waals surface area contributed by atoms with Gasteiger partial charge in [0.15, 0.2) is 11.6 Å². The maximum absolute atomic E-state index is 17.4. The molecule has 2 fully saturated rings. The van der Waals surface area contributed by atoms with Crippen LogP contribution in [0.3, 0.4) is 0 Å². The molecule has 0 radical (unpaired) electrons. The first-order valence-corrected chi connectivity index (χ1v) is 17.1. The molecule has 3 N–H and O–H groups in total. The van der Waals surface area contributed by atoms with Gasteiger partial charge >= 0.3 is 6.01 Å². The number of fused-ring (bicyclic) bond motifs is 6.